The molecule has 0 aliphatic carbocycles. The number of hydrogen-bond acceptors (Lipinski definition) is 5. The Morgan fingerprint density at radius 1 is 1.41 bits per heavy atom. The van der Waals surface area contributed by atoms with Gasteiger partial charge in [0.25, 0.3) is 0 Å². The minimum Gasteiger partial charge on any atom is -0.467 e. The highest BCUT2D eigenvalue weighted by atomic mass is 16.5. The van der Waals surface area contributed by atoms with Crippen LogP contribution in [0.2, 0.25) is 0 Å². The zero-order valence-electron chi connectivity index (χ0n) is 10.3. The topological polar surface area (TPSA) is 76.7 Å². The van der Waals surface area contributed by atoms with Gasteiger partial charge in [0, 0.05) is 0 Å². The summed E-state index contributed by atoms with van der Waals surface area (Å²) in [5.41, 5.74) is 0. The fourth-order valence-corrected chi connectivity index (χ4v) is 1.67. The van der Waals surface area contributed by atoms with E-state index in [4.69, 9.17) is 4.74 Å². The first-order valence-corrected chi connectivity index (χ1v) is 5.83. The van der Waals surface area contributed by atoms with Crippen LogP contribution in [0, 0.1) is 0 Å². The second-order valence-corrected chi connectivity index (χ2v) is 4.07. The van der Waals surface area contributed by atoms with E-state index in [1.807, 2.05) is 0 Å². The molecular formula is C11H20N2O4. The van der Waals surface area contributed by atoms with Gasteiger partial charge in [-0.15, -0.1) is 0 Å². The Bertz CT molecular complexity index is 264. The van der Waals surface area contributed by atoms with Crippen LogP contribution in [0.3, 0.4) is 0 Å². The largest absolute Gasteiger partial charge is 0.467 e. The number of carbonyl (C=O) groups is 2. The van der Waals surface area contributed by atoms with Crippen LogP contribution in [0.1, 0.15) is 19.8 Å². The Balaban J connectivity index is 2.18. The molecule has 2 N–H and O–H groups in total. The van der Waals surface area contributed by atoms with Crippen molar-refractivity contribution in [2.75, 3.05) is 26.8 Å². The quantitative estimate of drug-likeness (QED) is 0.634. The maximum absolute atomic E-state index is 11.5. The standard InChI is InChI=1S/C11H20N2O4/c1-8(11(15)16-2)13-10(14)7-17-9-3-5-12-6-4-9/h8-9,12H,3-7H2,1-2H3,(H,13,14). The Kier molecular flexibility index (Phi) is 5.93. The van der Waals surface area contributed by atoms with Crippen LogP contribution in [-0.4, -0.2) is 50.8 Å². The number of rotatable bonds is 5. The molecule has 0 radical (unpaired) electrons. The van der Waals surface area contributed by atoms with Gasteiger partial charge in [0.15, 0.2) is 0 Å². The lowest BCUT2D eigenvalue weighted by atomic mass is 10.1. The summed E-state index contributed by atoms with van der Waals surface area (Å²) in [5.74, 6) is -0.748. The van der Waals surface area contributed by atoms with E-state index in [-0.39, 0.29) is 18.6 Å². The lowest BCUT2D eigenvalue weighted by Crippen LogP contribution is -2.42. The van der Waals surface area contributed by atoms with Gasteiger partial charge in [0.2, 0.25) is 5.91 Å². The molecule has 0 aromatic heterocycles. The summed E-state index contributed by atoms with van der Waals surface area (Å²) in [7, 11) is 1.29. The SMILES string of the molecule is COC(=O)C(C)NC(=O)COC1CCNCC1. The van der Waals surface area contributed by atoms with Crippen LogP contribution in [0.4, 0.5) is 0 Å². The molecule has 1 amide bonds. The summed E-state index contributed by atoms with van der Waals surface area (Å²) >= 11 is 0. The average molecular weight is 244 g/mol. The molecule has 98 valence electrons. The maximum Gasteiger partial charge on any atom is 0.328 e. The van der Waals surface area contributed by atoms with Gasteiger partial charge in [-0.25, -0.2) is 4.79 Å². The molecule has 1 rings (SSSR count). The van der Waals surface area contributed by atoms with E-state index in [0.29, 0.717) is 0 Å². The molecule has 0 saturated carbocycles. The van der Waals surface area contributed by atoms with Gasteiger partial charge in [-0.1, -0.05) is 0 Å². The van der Waals surface area contributed by atoms with Crippen molar-refractivity contribution in [3.8, 4) is 0 Å². The molecule has 1 heterocycles. The van der Waals surface area contributed by atoms with Crippen LogP contribution in [0.25, 0.3) is 0 Å². The number of carbonyl (C=O) groups excluding carboxylic acids is 2. The van der Waals surface area contributed by atoms with Gasteiger partial charge < -0.3 is 20.1 Å². The number of esters is 1. The lowest BCUT2D eigenvalue weighted by Gasteiger charge is -2.22. The molecule has 0 spiro atoms. The minimum absolute atomic E-state index is 0.00794. The number of ether oxygens (including phenoxy) is 2. The summed E-state index contributed by atoms with van der Waals surface area (Å²) < 4.78 is 9.96. The highest BCUT2D eigenvalue weighted by Crippen LogP contribution is 2.06. The Hall–Kier alpha value is -1.14. The third kappa shape index (κ3) is 5.14. The molecule has 1 aliphatic heterocycles. The van der Waals surface area contributed by atoms with Crippen molar-refractivity contribution in [1.29, 1.82) is 0 Å². The van der Waals surface area contributed by atoms with Crippen LogP contribution in [0.15, 0.2) is 0 Å². The Labute approximate surface area is 101 Å². The van der Waals surface area contributed by atoms with E-state index in [0.717, 1.165) is 25.9 Å². The first-order chi connectivity index (χ1) is 8.13. The normalized spacial score (nSPS) is 18.5. The van der Waals surface area contributed by atoms with Gasteiger partial charge in [0.1, 0.15) is 12.6 Å². The smallest absolute Gasteiger partial charge is 0.328 e. The first kappa shape index (κ1) is 13.9. The molecule has 17 heavy (non-hydrogen) atoms. The van der Waals surface area contributed by atoms with E-state index in [1.54, 1.807) is 6.92 Å². The fraction of sp³-hybridized carbons (Fsp3) is 0.818. The van der Waals surface area contributed by atoms with Crippen molar-refractivity contribution in [3.05, 3.63) is 0 Å². The Morgan fingerprint density at radius 2 is 2.06 bits per heavy atom. The summed E-state index contributed by atoms with van der Waals surface area (Å²) in [6.45, 7) is 3.41. The molecule has 1 atom stereocenters. The number of hydrogen-bond donors (Lipinski definition) is 2. The highest BCUT2D eigenvalue weighted by molar-refractivity contribution is 5.84. The molecule has 6 heteroatoms. The van der Waals surface area contributed by atoms with E-state index >= 15 is 0 Å². The number of piperidine rings is 1. The predicted octanol–water partition coefficient (Wildman–Crippen LogP) is -0.567. The summed E-state index contributed by atoms with van der Waals surface area (Å²) in [4.78, 5) is 22.5. The van der Waals surface area contributed by atoms with Gasteiger partial charge >= 0.3 is 5.97 Å². The van der Waals surface area contributed by atoms with Gasteiger partial charge in [0.05, 0.1) is 13.2 Å². The maximum atomic E-state index is 11.5. The molecule has 1 saturated heterocycles. The van der Waals surface area contributed by atoms with E-state index in [2.05, 4.69) is 15.4 Å². The van der Waals surface area contributed by atoms with Crippen molar-refractivity contribution >= 4 is 11.9 Å². The van der Waals surface area contributed by atoms with E-state index in [9.17, 15) is 9.59 Å². The van der Waals surface area contributed by atoms with Crippen molar-refractivity contribution in [2.45, 2.75) is 31.9 Å². The molecule has 1 unspecified atom stereocenters. The Morgan fingerprint density at radius 3 is 2.65 bits per heavy atom. The molecule has 6 nitrogen and oxygen atoms in total. The van der Waals surface area contributed by atoms with Crippen LogP contribution in [-0.2, 0) is 19.1 Å². The van der Waals surface area contributed by atoms with Crippen LogP contribution < -0.4 is 10.6 Å². The van der Waals surface area contributed by atoms with Crippen LogP contribution in [0.5, 0.6) is 0 Å². The molecule has 1 fully saturated rings. The number of methoxy groups -OCH3 is 1. The summed E-state index contributed by atoms with van der Waals surface area (Å²) in [6.07, 6.45) is 1.97. The molecule has 1 aliphatic rings. The molecule has 0 aromatic rings. The number of amides is 1. The van der Waals surface area contributed by atoms with Crippen molar-refractivity contribution in [2.24, 2.45) is 0 Å². The minimum atomic E-state index is -0.635. The third-order valence-electron chi connectivity index (χ3n) is 2.67. The van der Waals surface area contributed by atoms with Crippen molar-refractivity contribution in [3.63, 3.8) is 0 Å². The number of nitrogens with one attached hydrogen (secondary N) is 2. The van der Waals surface area contributed by atoms with Gasteiger partial charge in [-0.05, 0) is 32.9 Å². The second-order valence-electron chi connectivity index (χ2n) is 4.07. The summed E-state index contributed by atoms with van der Waals surface area (Å²) in [6, 6.07) is -0.635. The molecular weight excluding hydrogens is 224 g/mol. The summed E-state index contributed by atoms with van der Waals surface area (Å²) in [5, 5.41) is 5.73. The van der Waals surface area contributed by atoms with Crippen LogP contribution >= 0.6 is 0 Å². The average Bonchev–Trinajstić information content (AvgIpc) is 2.36. The zero-order chi connectivity index (χ0) is 12.7. The first-order valence-electron chi connectivity index (χ1n) is 5.83. The predicted molar refractivity (Wildman–Crippen MR) is 61.5 cm³/mol. The highest BCUT2D eigenvalue weighted by Gasteiger charge is 2.18. The van der Waals surface area contributed by atoms with Gasteiger partial charge in [-0.3, -0.25) is 4.79 Å². The molecule has 0 bridgehead atoms. The van der Waals surface area contributed by atoms with Gasteiger partial charge in [-0.2, -0.15) is 0 Å². The zero-order valence-corrected chi connectivity index (χ0v) is 10.3. The third-order valence-corrected chi connectivity index (χ3v) is 2.67. The second kappa shape index (κ2) is 7.24. The van der Waals surface area contributed by atoms with Crippen molar-refractivity contribution in [1.82, 2.24) is 10.6 Å². The van der Waals surface area contributed by atoms with E-state index < -0.39 is 12.0 Å². The fourth-order valence-electron chi connectivity index (χ4n) is 1.67. The van der Waals surface area contributed by atoms with E-state index in [1.165, 1.54) is 7.11 Å². The monoisotopic (exact) mass is 244 g/mol. The molecule has 0 aromatic carbocycles. The van der Waals surface area contributed by atoms with Crippen molar-refractivity contribution < 1.29 is 19.1 Å². The lowest BCUT2D eigenvalue weighted by molar-refractivity contribution is -0.145.